The molecule has 2 aromatic rings. The highest BCUT2D eigenvalue weighted by Crippen LogP contribution is 2.13. The Hall–Kier alpha value is -2.43. The maximum absolute atomic E-state index is 12.0. The molecule has 2 heterocycles. The van der Waals surface area contributed by atoms with Gasteiger partial charge in [0.2, 0.25) is 0 Å². The van der Waals surface area contributed by atoms with Gasteiger partial charge in [-0.05, 0) is 38.1 Å². The van der Waals surface area contributed by atoms with Crippen molar-refractivity contribution in [2.24, 2.45) is 0 Å². The number of hydrogen-bond donors (Lipinski definition) is 2. The smallest absolute Gasteiger partial charge is 0.276 e. The molecule has 18 heavy (non-hydrogen) atoms. The summed E-state index contributed by atoms with van der Waals surface area (Å²) in [6, 6.07) is 6.94. The first kappa shape index (κ1) is 12.0. The van der Waals surface area contributed by atoms with Gasteiger partial charge in [-0.3, -0.25) is 9.78 Å². The summed E-state index contributed by atoms with van der Waals surface area (Å²) in [5.41, 5.74) is 8.60. The van der Waals surface area contributed by atoms with Crippen LogP contribution in [0.4, 0.5) is 11.4 Å². The Balaban J connectivity index is 2.24. The molecule has 0 atom stereocenters. The first-order valence-corrected chi connectivity index (χ1v) is 5.53. The lowest BCUT2D eigenvalue weighted by Crippen LogP contribution is -2.16. The number of carbonyl (C=O) groups excluding carboxylic acids is 1. The Morgan fingerprint density at radius 3 is 2.72 bits per heavy atom. The zero-order chi connectivity index (χ0) is 13.1. The van der Waals surface area contributed by atoms with Crippen molar-refractivity contribution in [3.05, 3.63) is 47.5 Å². The average molecular weight is 242 g/mol. The number of amides is 1. The highest BCUT2D eigenvalue weighted by atomic mass is 16.1. The van der Waals surface area contributed by atoms with Gasteiger partial charge in [-0.1, -0.05) is 0 Å². The molecule has 5 nitrogen and oxygen atoms in total. The monoisotopic (exact) mass is 242 g/mol. The highest BCUT2D eigenvalue weighted by Gasteiger charge is 2.12. The Labute approximate surface area is 105 Å². The van der Waals surface area contributed by atoms with Gasteiger partial charge in [0.25, 0.3) is 5.91 Å². The summed E-state index contributed by atoms with van der Waals surface area (Å²) in [5.74, 6) is -0.318. The molecule has 0 fully saturated rings. The number of hydrogen-bond acceptors (Lipinski definition) is 4. The van der Waals surface area contributed by atoms with Crippen molar-refractivity contribution >= 4 is 17.3 Å². The number of nitrogen functional groups attached to an aromatic ring is 1. The van der Waals surface area contributed by atoms with Gasteiger partial charge in [0.1, 0.15) is 0 Å². The molecule has 3 N–H and O–H groups in total. The molecule has 2 aromatic heterocycles. The molecule has 0 aliphatic heterocycles. The summed E-state index contributed by atoms with van der Waals surface area (Å²) in [4.78, 5) is 20.2. The van der Waals surface area contributed by atoms with Crippen LogP contribution in [0.5, 0.6) is 0 Å². The third-order valence-electron chi connectivity index (χ3n) is 2.44. The van der Waals surface area contributed by atoms with E-state index in [9.17, 15) is 4.79 Å². The van der Waals surface area contributed by atoms with Gasteiger partial charge < -0.3 is 11.1 Å². The average Bonchev–Trinajstić information content (AvgIpc) is 2.32. The first-order chi connectivity index (χ1) is 8.56. The van der Waals surface area contributed by atoms with Gasteiger partial charge in [0, 0.05) is 23.3 Å². The zero-order valence-electron chi connectivity index (χ0n) is 10.3. The lowest BCUT2D eigenvalue weighted by molar-refractivity contribution is 0.102. The summed E-state index contributed by atoms with van der Waals surface area (Å²) in [7, 11) is 0. The minimum absolute atomic E-state index is 0.240. The van der Waals surface area contributed by atoms with Crippen molar-refractivity contribution in [1.29, 1.82) is 0 Å². The molecule has 1 amide bonds. The zero-order valence-corrected chi connectivity index (χ0v) is 10.3. The van der Waals surface area contributed by atoms with Crippen LogP contribution in [-0.2, 0) is 0 Å². The van der Waals surface area contributed by atoms with E-state index in [1.54, 1.807) is 30.5 Å². The predicted molar refractivity (Wildman–Crippen MR) is 70.3 cm³/mol. The van der Waals surface area contributed by atoms with Gasteiger partial charge >= 0.3 is 0 Å². The standard InChI is InChI=1S/C13H14N4O/c1-8-3-4-11(14)12(16-8)13(18)17-10-5-6-15-9(2)7-10/h3-7H,14H2,1-2H3,(H,15,17,18). The van der Waals surface area contributed by atoms with E-state index in [4.69, 9.17) is 5.73 Å². The molecule has 0 aromatic carbocycles. The van der Waals surface area contributed by atoms with E-state index in [1.165, 1.54) is 0 Å². The normalized spacial score (nSPS) is 10.1. The molecule has 0 saturated carbocycles. The third-order valence-corrected chi connectivity index (χ3v) is 2.44. The largest absolute Gasteiger partial charge is 0.397 e. The van der Waals surface area contributed by atoms with Crippen LogP contribution in [-0.4, -0.2) is 15.9 Å². The topological polar surface area (TPSA) is 80.9 Å². The molecule has 0 radical (unpaired) electrons. The summed E-state index contributed by atoms with van der Waals surface area (Å²) in [6.07, 6.45) is 1.64. The second-order valence-corrected chi connectivity index (χ2v) is 4.03. The van der Waals surface area contributed by atoms with Crippen molar-refractivity contribution in [2.75, 3.05) is 11.1 Å². The Morgan fingerprint density at radius 1 is 1.22 bits per heavy atom. The molecular weight excluding hydrogens is 228 g/mol. The summed E-state index contributed by atoms with van der Waals surface area (Å²) < 4.78 is 0. The molecule has 0 saturated heterocycles. The van der Waals surface area contributed by atoms with Crippen LogP contribution in [0.2, 0.25) is 0 Å². The van der Waals surface area contributed by atoms with E-state index in [0.717, 1.165) is 11.4 Å². The van der Waals surface area contributed by atoms with Gasteiger partial charge in [0.05, 0.1) is 5.69 Å². The Kier molecular flexibility index (Phi) is 3.23. The molecule has 0 aliphatic carbocycles. The number of rotatable bonds is 2. The minimum Gasteiger partial charge on any atom is -0.397 e. The Bertz CT molecular complexity index is 595. The fourth-order valence-electron chi connectivity index (χ4n) is 1.56. The fraction of sp³-hybridized carbons (Fsp3) is 0.154. The van der Waals surface area contributed by atoms with Crippen LogP contribution in [0.1, 0.15) is 21.9 Å². The van der Waals surface area contributed by atoms with Crippen molar-refractivity contribution < 1.29 is 4.79 Å². The molecule has 92 valence electrons. The number of nitrogens with one attached hydrogen (secondary N) is 1. The Morgan fingerprint density at radius 2 is 2.00 bits per heavy atom. The first-order valence-electron chi connectivity index (χ1n) is 5.53. The van der Waals surface area contributed by atoms with E-state index in [2.05, 4.69) is 15.3 Å². The number of pyridine rings is 2. The fourth-order valence-corrected chi connectivity index (χ4v) is 1.56. The molecule has 0 unspecified atom stereocenters. The number of anilines is 2. The van der Waals surface area contributed by atoms with E-state index in [-0.39, 0.29) is 11.6 Å². The molecule has 0 bridgehead atoms. The highest BCUT2D eigenvalue weighted by molar-refractivity contribution is 6.06. The molecular formula is C13H14N4O. The van der Waals surface area contributed by atoms with Crippen LogP contribution in [0.15, 0.2) is 30.5 Å². The van der Waals surface area contributed by atoms with Gasteiger partial charge in [0.15, 0.2) is 5.69 Å². The van der Waals surface area contributed by atoms with Crippen LogP contribution < -0.4 is 11.1 Å². The van der Waals surface area contributed by atoms with Crippen LogP contribution in [0.3, 0.4) is 0 Å². The maximum Gasteiger partial charge on any atom is 0.276 e. The molecule has 2 rings (SSSR count). The summed E-state index contributed by atoms with van der Waals surface area (Å²) in [6.45, 7) is 3.67. The van der Waals surface area contributed by atoms with E-state index >= 15 is 0 Å². The number of nitrogens with zero attached hydrogens (tertiary/aromatic N) is 2. The van der Waals surface area contributed by atoms with Crippen molar-refractivity contribution in [1.82, 2.24) is 9.97 Å². The SMILES string of the molecule is Cc1cc(NC(=O)c2nc(C)ccc2N)ccn1. The van der Waals surface area contributed by atoms with Crippen LogP contribution >= 0.6 is 0 Å². The van der Waals surface area contributed by atoms with Crippen molar-refractivity contribution in [3.63, 3.8) is 0 Å². The van der Waals surface area contributed by atoms with Gasteiger partial charge in [-0.2, -0.15) is 0 Å². The lowest BCUT2D eigenvalue weighted by Gasteiger charge is -2.07. The van der Waals surface area contributed by atoms with Crippen molar-refractivity contribution in [3.8, 4) is 0 Å². The van der Waals surface area contributed by atoms with Gasteiger partial charge in [-0.15, -0.1) is 0 Å². The van der Waals surface area contributed by atoms with Crippen LogP contribution in [0.25, 0.3) is 0 Å². The summed E-state index contributed by atoms with van der Waals surface area (Å²) >= 11 is 0. The van der Waals surface area contributed by atoms with E-state index in [0.29, 0.717) is 11.4 Å². The number of aryl methyl sites for hydroxylation is 2. The molecule has 0 aliphatic rings. The number of aromatic nitrogens is 2. The second-order valence-electron chi connectivity index (χ2n) is 4.03. The maximum atomic E-state index is 12.0. The summed E-state index contributed by atoms with van der Waals surface area (Å²) in [5, 5.41) is 2.75. The van der Waals surface area contributed by atoms with Gasteiger partial charge in [-0.25, -0.2) is 4.98 Å². The predicted octanol–water partition coefficient (Wildman–Crippen LogP) is 1.93. The molecule has 0 spiro atoms. The minimum atomic E-state index is -0.318. The van der Waals surface area contributed by atoms with E-state index < -0.39 is 0 Å². The quantitative estimate of drug-likeness (QED) is 0.843. The molecule has 5 heteroatoms. The lowest BCUT2D eigenvalue weighted by atomic mass is 10.2. The number of nitrogens with two attached hydrogens (primary N) is 1. The third kappa shape index (κ3) is 2.63. The number of carbonyl (C=O) groups is 1. The second kappa shape index (κ2) is 4.83. The van der Waals surface area contributed by atoms with E-state index in [1.807, 2.05) is 13.8 Å². The van der Waals surface area contributed by atoms with Crippen molar-refractivity contribution in [2.45, 2.75) is 13.8 Å². The van der Waals surface area contributed by atoms with Crippen LogP contribution in [0, 0.1) is 13.8 Å².